The van der Waals surface area contributed by atoms with Crippen molar-refractivity contribution in [2.75, 3.05) is 5.32 Å². The molecule has 2 fully saturated rings. The van der Waals surface area contributed by atoms with Crippen molar-refractivity contribution in [1.82, 2.24) is 0 Å². The SMILES string of the molecule is NC(=O)c1ccccc1NC(=O)[C@H]1C[C@H]2CC[C@@H]1C2. The number of fused-ring (bicyclic) bond motifs is 2. The monoisotopic (exact) mass is 258 g/mol. The normalized spacial score (nSPS) is 28.3. The maximum atomic E-state index is 12.3. The first-order chi connectivity index (χ1) is 9.15. The number of nitrogens with two attached hydrogens (primary N) is 1. The van der Waals surface area contributed by atoms with Crippen LogP contribution in [0.4, 0.5) is 5.69 Å². The highest BCUT2D eigenvalue weighted by molar-refractivity contribution is 6.03. The molecule has 3 atom stereocenters. The van der Waals surface area contributed by atoms with E-state index in [0.29, 0.717) is 17.2 Å². The van der Waals surface area contributed by atoms with Gasteiger partial charge in [-0.1, -0.05) is 18.6 Å². The van der Waals surface area contributed by atoms with Gasteiger partial charge in [-0.25, -0.2) is 0 Å². The van der Waals surface area contributed by atoms with E-state index in [1.807, 2.05) is 0 Å². The highest BCUT2D eigenvalue weighted by Crippen LogP contribution is 2.48. The van der Waals surface area contributed by atoms with Crippen LogP contribution in [0.5, 0.6) is 0 Å². The van der Waals surface area contributed by atoms with Crippen LogP contribution in [-0.2, 0) is 4.79 Å². The summed E-state index contributed by atoms with van der Waals surface area (Å²) in [6, 6.07) is 6.90. The summed E-state index contributed by atoms with van der Waals surface area (Å²) in [5, 5.41) is 2.88. The highest BCUT2D eigenvalue weighted by Gasteiger charge is 2.43. The highest BCUT2D eigenvalue weighted by atomic mass is 16.2. The lowest BCUT2D eigenvalue weighted by atomic mass is 9.88. The van der Waals surface area contributed by atoms with Gasteiger partial charge in [-0.2, -0.15) is 0 Å². The lowest BCUT2D eigenvalue weighted by molar-refractivity contribution is -0.121. The second-order valence-corrected chi connectivity index (χ2v) is 5.68. The summed E-state index contributed by atoms with van der Waals surface area (Å²) in [4.78, 5) is 23.6. The quantitative estimate of drug-likeness (QED) is 0.872. The van der Waals surface area contributed by atoms with E-state index < -0.39 is 5.91 Å². The van der Waals surface area contributed by atoms with Crippen LogP contribution in [0, 0.1) is 17.8 Å². The summed E-state index contributed by atoms with van der Waals surface area (Å²) in [7, 11) is 0. The maximum absolute atomic E-state index is 12.3. The number of para-hydroxylation sites is 1. The molecular formula is C15H18N2O2. The molecule has 3 N–H and O–H groups in total. The third-order valence-corrected chi connectivity index (χ3v) is 4.53. The van der Waals surface area contributed by atoms with Crippen LogP contribution in [0.2, 0.25) is 0 Å². The van der Waals surface area contributed by atoms with Gasteiger partial charge in [-0.3, -0.25) is 9.59 Å². The minimum absolute atomic E-state index is 0.0425. The Morgan fingerprint density at radius 3 is 2.58 bits per heavy atom. The van der Waals surface area contributed by atoms with Crippen molar-refractivity contribution in [3.63, 3.8) is 0 Å². The summed E-state index contributed by atoms with van der Waals surface area (Å²) in [5.74, 6) is 0.905. The minimum Gasteiger partial charge on any atom is -0.366 e. The molecule has 2 saturated carbocycles. The average Bonchev–Trinajstić information content (AvgIpc) is 3.01. The largest absolute Gasteiger partial charge is 0.366 e. The van der Waals surface area contributed by atoms with Crippen molar-refractivity contribution in [3.8, 4) is 0 Å². The number of hydrogen-bond acceptors (Lipinski definition) is 2. The fraction of sp³-hybridized carbons (Fsp3) is 0.467. The number of anilines is 1. The van der Waals surface area contributed by atoms with E-state index in [9.17, 15) is 9.59 Å². The van der Waals surface area contributed by atoms with Crippen molar-refractivity contribution in [2.45, 2.75) is 25.7 Å². The van der Waals surface area contributed by atoms with Gasteiger partial charge in [-0.15, -0.1) is 0 Å². The molecule has 4 nitrogen and oxygen atoms in total. The first kappa shape index (κ1) is 12.2. The molecule has 2 aliphatic carbocycles. The maximum Gasteiger partial charge on any atom is 0.250 e. The fourth-order valence-corrected chi connectivity index (χ4v) is 3.60. The zero-order chi connectivity index (χ0) is 13.4. The van der Waals surface area contributed by atoms with E-state index in [-0.39, 0.29) is 11.8 Å². The van der Waals surface area contributed by atoms with Crippen molar-refractivity contribution in [1.29, 1.82) is 0 Å². The first-order valence-electron chi connectivity index (χ1n) is 6.85. The molecule has 0 saturated heterocycles. The van der Waals surface area contributed by atoms with Crippen molar-refractivity contribution in [2.24, 2.45) is 23.5 Å². The number of carbonyl (C=O) groups is 2. The molecule has 1 aromatic rings. The third-order valence-electron chi connectivity index (χ3n) is 4.53. The van der Waals surface area contributed by atoms with Crippen molar-refractivity contribution in [3.05, 3.63) is 29.8 Å². The van der Waals surface area contributed by atoms with Gasteiger partial charge in [0.1, 0.15) is 0 Å². The molecule has 0 radical (unpaired) electrons. The number of carbonyl (C=O) groups excluding carboxylic acids is 2. The molecule has 0 aliphatic heterocycles. The zero-order valence-corrected chi connectivity index (χ0v) is 10.8. The first-order valence-corrected chi connectivity index (χ1v) is 6.85. The Hall–Kier alpha value is -1.84. The molecule has 3 rings (SSSR count). The van der Waals surface area contributed by atoms with Gasteiger partial charge in [-0.05, 0) is 43.2 Å². The van der Waals surface area contributed by atoms with Gasteiger partial charge in [0.15, 0.2) is 0 Å². The minimum atomic E-state index is -0.510. The van der Waals surface area contributed by atoms with Crippen LogP contribution in [0.25, 0.3) is 0 Å². The zero-order valence-electron chi connectivity index (χ0n) is 10.8. The molecule has 0 unspecified atom stereocenters. The fourth-order valence-electron chi connectivity index (χ4n) is 3.60. The molecule has 19 heavy (non-hydrogen) atoms. The average molecular weight is 258 g/mol. The molecule has 0 spiro atoms. The van der Waals surface area contributed by atoms with E-state index >= 15 is 0 Å². The Morgan fingerprint density at radius 2 is 1.95 bits per heavy atom. The van der Waals surface area contributed by atoms with Crippen molar-refractivity contribution < 1.29 is 9.59 Å². The summed E-state index contributed by atoms with van der Waals surface area (Å²) in [5.41, 5.74) is 6.22. The molecular weight excluding hydrogens is 240 g/mol. The van der Waals surface area contributed by atoms with E-state index in [0.717, 1.165) is 12.3 Å². The van der Waals surface area contributed by atoms with Crippen molar-refractivity contribution >= 4 is 17.5 Å². The molecule has 2 aliphatic rings. The second-order valence-electron chi connectivity index (χ2n) is 5.68. The van der Waals surface area contributed by atoms with Gasteiger partial charge in [0.25, 0.3) is 5.91 Å². The molecule has 2 amide bonds. The third kappa shape index (κ3) is 2.23. The topological polar surface area (TPSA) is 72.2 Å². The van der Waals surface area contributed by atoms with Gasteiger partial charge < -0.3 is 11.1 Å². The molecule has 4 heteroatoms. The van der Waals surface area contributed by atoms with Gasteiger partial charge in [0, 0.05) is 5.92 Å². The number of primary amides is 1. The van der Waals surface area contributed by atoms with Crippen LogP contribution in [0.1, 0.15) is 36.0 Å². The summed E-state index contributed by atoms with van der Waals surface area (Å²) >= 11 is 0. The summed E-state index contributed by atoms with van der Waals surface area (Å²) in [6.45, 7) is 0. The van der Waals surface area contributed by atoms with Crippen LogP contribution < -0.4 is 11.1 Å². The van der Waals surface area contributed by atoms with E-state index in [2.05, 4.69) is 5.32 Å². The van der Waals surface area contributed by atoms with Crippen LogP contribution in [-0.4, -0.2) is 11.8 Å². The summed E-state index contributed by atoms with van der Waals surface area (Å²) in [6.07, 6.45) is 4.62. The smallest absolute Gasteiger partial charge is 0.250 e. The molecule has 100 valence electrons. The van der Waals surface area contributed by atoms with E-state index in [4.69, 9.17) is 5.73 Å². The Labute approximate surface area is 112 Å². The van der Waals surface area contributed by atoms with Gasteiger partial charge in [0.05, 0.1) is 11.3 Å². The number of nitrogens with one attached hydrogen (secondary N) is 1. The number of benzene rings is 1. The molecule has 0 heterocycles. The molecule has 1 aromatic carbocycles. The van der Waals surface area contributed by atoms with Crippen LogP contribution >= 0.6 is 0 Å². The standard InChI is InChI=1S/C15H18N2O2/c16-14(18)11-3-1-2-4-13(11)17-15(19)12-8-9-5-6-10(12)7-9/h1-4,9-10,12H,5-8H2,(H2,16,18)(H,17,19)/t9-,10+,12-/m0/s1. The Kier molecular flexibility index (Phi) is 3.01. The molecule has 0 aromatic heterocycles. The second kappa shape index (κ2) is 4.68. The predicted octanol–water partition coefficient (Wildman–Crippen LogP) is 2.16. The van der Waals surface area contributed by atoms with Crippen LogP contribution in [0.15, 0.2) is 24.3 Å². The Balaban J connectivity index is 1.75. The van der Waals surface area contributed by atoms with Gasteiger partial charge >= 0.3 is 0 Å². The van der Waals surface area contributed by atoms with E-state index in [1.54, 1.807) is 24.3 Å². The Morgan fingerprint density at radius 1 is 1.16 bits per heavy atom. The van der Waals surface area contributed by atoms with E-state index in [1.165, 1.54) is 19.3 Å². The number of rotatable bonds is 3. The predicted molar refractivity (Wildman–Crippen MR) is 72.5 cm³/mol. The lowest BCUT2D eigenvalue weighted by Crippen LogP contribution is -2.28. The number of amides is 2. The summed E-state index contributed by atoms with van der Waals surface area (Å²) < 4.78 is 0. The molecule has 2 bridgehead atoms. The lowest BCUT2D eigenvalue weighted by Gasteiger charge is -2.21. The number of hydrogen-bond donors (Lipinski definition) is 2. The van der Waals surface area contributed by atoms with Crippen LogP contribution in [0.3, 0.4) is 0 Å². The Bertz CT molecular complexity index is 527. The van der Waals surface area contributed by atoms with Gasteiger partial charge in [0.2, 0.25) is 5.91 Å².